The Labute approximate surface area is 114 Å². The Balaban J connectivity index is 2.82. The normalized spacial score (nSPS) is 11.3. The van der Waals surface area contributed by atoms with Gasteiger partial charge in [-0.05, 0) is 32.1 Å². The highest BCUT2D eigenvalue weighted by Gasteiger charge is 2.17. The Morgan fingerprint density at radius 2 is 1.95 bits per heavy atom. The second-order valence-corrected chi connectivity index (χ2v) is 6.40. The summed E-state index contributed by atoms with van der Waals surface area (Å²) in [6.45, 7) is 2.34. The van der Waals surface area contributed by atoms with Crippen molar-refractivity contribution in [2.45, 2.75) is 24.7 Å². The van der Waals surface area contributed by atoms with Crippen molar-refractivity contribution in [3.63, 3.8) is 0 Å². The predicted molar refractivity (Wildman–Crippen MR) is 76.0 cm³/mol. The van der Waals surface area contributed by atoms with E-state index in [4.69, 9.17) is 0 Å². The molecule has 6 heteroatoms. The van der Waals surface area contributed by atoms with Crippen LogP contribution in [-0.4, -0.2) is 33.7 Å². The summed E-state index contributed by atoms with van der Waals surface area (Å²) in [6, 6.07) is 6.48. The monoisotopic (exact) mass is 284 g/mol. The summed E-state index contributed by atoms with van der Waals surface area (Å²) in [4.78, 5) is 11.9. The molecule has 0 radical (unpaired) electrons. The summed E-state index contributed by atoms with van der Waals surface area (Å²) >= 11 is 0. The van der Waals surface area contributed by atoms with Crippen LogP contribution in [0.15, 0.2) is 29.2 Å². The fraction of sp³-hybridized carbons (Fsp3) is 0.462. The van der Waals surface area contributed by atoms with E-state index in [1.165, 1.54) is 6.07 Å². The van der Waals surface area contributed by atoms with E-state index < -0.39 is 9.84 Å². The SMILES string of the molecule is CCS(=O)(=O)c1ccccc1NC(=O)CCCNC. The fourth-order valence-electron chi connectivity index (χ4n) is 1.64. The van der Waals surface area contributed by atoms with Crippen molar-refractivity contribution in [1.29, 1.82) is 0 Å². The second-order valence-electron chi connectivity index (χ2n) is 4.15. The van der Waals surface area contributed by atoms with E-state index in [9.17, 15) is 13.2 Å². The van der Waals surface area contributed by atoms with Crippen LogP contribution in [0.1, 0.15) is 19.8 Å². The van der Waals surface area contributed by atoms with Crippen LogP contribution >= 0.6 is 0 Å². The molecule has 1 aromatic carbocycles. The fourth-order valence-corrected chi connectivity index (χ4v) is 2.69. The molecule has 0 bridgehead atoms. The number of carbonyl (C=O) groups excluding carboxylic acids is 1. The van der Waals surface area contributed by atoms with Gasteiger partial charge in [-0.3, -0.25) is 4.79 Å². The molecule has 0 heterocycles. The Kier molecular flexibility index (Phi) is 5.98. The predicted octanol–water partition coefficient (Wildman–Crippen LogP) is 1.42. The smallest absolute Gasteiger partial charge is 0.224 e. The van der Waals surface area contributed by atoms with Gasteiger partial charge in [0, 0.05) is 6.42 Å². The lowest BCUT2D eigenvalue weighted by molar-refractivity contribution is -0.116. The molecule has 0 saturated heterocycles. The molecule has 0 fully saturated rings. The van der Waals surface area contributed by atoms with Crippen molar-refractivity contribution in [3.05, 3.63) is 24.3 Å². The number of amides is 1. The van der Waals surface area contributed by atoms with E-state index >= 15 is 0 Å². The van der Waals surface area contributed by atoms with Crippen LogP contribution in [0.2, 0.25) is 0 Å². The molecule has 0 saturated carbocycles. The van der Waals surface area contributed by atoms with Gasteiger partial charge in [0.25, 0.3) is 0 Å². The third kappa shape index (κ3) is 4.65. The Bertz CT molecular complexity index is 526. The number of carbonyl (C=O) groups is 1. The molecule has 1 amide bonds. The van der Waals surface area contributed by atoms with Crippen LogP contribution in [0.5, 0.6) is 0 Å². The van der Waals surface area contributed by atoms with E-state index in [1.807, 2.05) is 7.05 Å². The second kappa shape index (κ2) is 7.25. The summed E-state index contributed by atoms with van der Waals surface area (Å²) in [5.41, 5.74) is 0.360. The van der Waals surface area contributed by atoms with Gasteiger partial charge in [-0.2, -0.15) is 0 Å². The van der Waals surface area contributed by atoms with Crippen LogP contribution in [0.4, 0.5) is 5.69 Å². The van der Waals surface area contributed by atoms with Gasteiger partial charge >= 0.3 is 0 Å². The largest absolute Gasteiger partial charge is 0.325 e. The van der Waals surface area contributed by atoms with Gasteiger partial charge in [-0.25, -0.2) is 8.42 Å². The summed E-state index contributed by atoms with van der Waals surface area (Å²) in [7, 11) is -1.51. The minimum Gasteiger partial charge on any atom is -0.325 e. The van der Waals surface area contributed by atoms with E-state index in [2.05, 4.69) is 10.6 Å². The summed E-state index contributed by atoms with van der Waals surface area (Å²) < 4.78 is 23.8. The molecular weight excluding hydrogens is 264 g/mol. The lowest BCUT2D eigenvalue weighted by Crippen LogP contribution is -2.17. The zero-order chi connectivity index (χ0) is 14.3. The van der Waals surface area contributed by atoms with E-state index in [-0.39, 0.29) is 16.6 Å². The van der Waals surface area contributed by atoms with Crippen molar-refractivity contribution < 1.29 is 13.2 Å². The van der Waals surface area contributed by atoms with Gasteiger partial charge in [-0.15, -0.1) is 0 Å². The molecule has 0 aliphatic heterocycles. The maximum Gasteiger partial charge on any atom is 0.224 e. The zero-order valence-corrected chi connectivity index (χ0v) is 12.1. The molecule has 106 valence electrons. The molecule has 1 aromatic rings. The van der Waals surface area contributed by atoms with Gasteiger partial charge in [0.05, 0.1) is 16.3 Å². The topological polar surface area (TPSA) is 75.3 Å². The molecule has 19 heavy (non-hydrogen) atoms. The van der Waals surface area contributed by atoms with Crippen molar-refractivity contribution in [1.82, 2.24) is 5.32 Å². The van der Waals surface area contributed by atoms with E-state index in [0.717, 1.165) is 6.54 Å². The summed E-state index contributed by atoms with van der Waals surface area (Å²) in [5.74, 6) is -0.159. The summed E-state index contributed by atoms with van der Waals surface area (Å²) in [5, 5.41) is 5.62. The maximum absolute atomic E-state index is 11.9. The molecule has 0 aliphatic carbocycles. The Morgan fingerprint density at radius 1 is 1.26 bits per heavy atom. The van der Waals surface area contributed by atoms with Gasteiger partial charge in [-0.1, -0.05) is 19.1 Å². The molecule has 2 N–H and O–H groups in total. The van der Waals surface area contributed by atoms with Gasteiger partial charge in [0.15, 0.2) is 9.84 Å². The number of nitrogens with one attached hydrogen (secondary N) is 2. The zero-order valence-electron chi connectivity index (χ0n) is 11.3. The molecule has 5 nitrogen and oxygen atoms in total. The minimum absolute atomic E-state index is 0.0135. The molecule has 0 atom stereocenters. The average Bonchev–Trinajstić information content (AvgIpc) is 2.39. The molecule has 0 aliphatic rings. The van der Waals surface area contributed by atoms with Crippen molar-refractivity contribution in [2.24, 2.45) is 0 Å². The van der Waals surface area contributed by atoms with Crippen molar-refractivity contribution in [2.75, 3.05) is 24.7 Å². The molecule has 0 aromatic heterocycles. The Morgan fingerprint density at radius 3 is 2.58 bits per heavy atom. The van der Waals surface area contributed by atoms with E-state index in [1.54, 1.807) is 25.1 Å². The first-order valence-corrected chi connectivity index (χ1v) is 7.92. The van der Waals surface area contributed by atoms with Crippen LogP contribution in [0.3, 0.4) is 0 Å². The average molecular weight is 284 g/mol. The molecule has 1 rings (SSSR count). The van der Waals surface area contributed by atoms with Crippen molar-refractivity contribution >= 4 is 21.4 Å². The van der Waals surface area contributed by atoms with Crippen LogP contribution < -0.4 is 10.6 Å². The third-order valence-electron chi connectivity index (χ3n) is 2.71. The van der Waals surface area contributed by atoms with Gasteiger partial charge in [0.1, 0.15) is 0 Å². The molecule has 0 unspecified atom stereocenters. The number of hydrogen-bond acceptors (Lipinski definition) is 4. The lowest BCUT2D eigenvalue weighted by Gasteiger charge is -2.10. The van der Waals surface area contributed by atoms with Gasteiger partial charge < -0.3 is 10.6 Å². The van der Waals surface area contributed by atoms with Crippen LogP contribution in [-0.2, 0) is 14.6 Å². The van der Waals surface area contributed by atoms with Gasteiger partial charge in [0.2, 0.25) is 5.91 Å². The number of hydrogen-bond donors (Lipinski definition) is 2. The van der Waals surface area contributed by atoms with Crippen LogP contribution in [0.25, 0.3) is 0 Å². The first kappa shape index (κ1) is 15.7. The van der Waals surface area contributed by atoms with Crippen LogP contribution in [0, 0.1) is 0 Å². The number of para-hydroxylation sites is 1. The quantitative estimate of drug-likeness (QED) is 0.743. The van der Waals surface area contributed by atoms with E-state index in [0.29, 0.717) is 18.5 Å². The summed E-state index contributed by atoms with van der Waals surface area (Å²) in [6.07, 6.45) is 1.08. The number of rotatable bonds is 7. The number of sulfone groups is 1. The Hall–Kier alpha value is -1.40. The van der Waals surface area contributed by atoms with Crippen molar-refractivity contribution in [3.8, 4) is 0 Å². The highest BCUT2D eigenvalue weighted by molar-refractivity contribution is 7.91. The highest BCUT2D eigenvalue weighted by atomic mass is 32.2. The number of benzene rings is 1. The minimum atomic E-state index is -3.33. The standard InChI is InChI=1S/C13H20N2O3S/c1-3-19(17,18)12-8-5-4-7-11(12)15-13(16)9-6-10-14-2/h4-5,7-8,14H,3,6,9-10H2,1-2H3,(H,15,16). The first-order chi connectivity index (χ1) is 9.01. The molecule has 0 spiro atoms. The third-order valence-corrected chi connectivity index (χ3v) is 4.49. The first-order valence-electron chi connectivity index (χ1n) is 6.27. The molecular formula is C13H20N2O3S. The lowest BCUT2D eigenvalue weighted by atomic mass is 10.2. The number of anilines is 1. The highest BCUT2D eigenvalue weighted by Crippen LogP contribution is 2.22. The maximum atomic E-state index is 11.9.